The van der Waals surface area contributed by atoms with Crippen molar-refractivity contribution in [3.8, 4) is 0 Å². The van der Waals surface area contributed by atoms with E-state index in [-0.39, 0.29) is 0 Å². The molecule has 1 saturated heterocycles. The maximum atomic E-state index is 4.40. The molecule has 4 nitrogen and oxygen atoms in total. The van der Waals surface area contributed by atoms with Gasteiger partial charge in [-0.05, 0) is 45.2 Å². The first-order valence-electron chi connectivity index (χ1n) is 8.39. The molecule has 0 spiro atoms. The number of hydrogen-bond acceptors (Lipinski definition) is 3. The lowest BCUT2D eigenvalue weighted by Gasteiger charge is -2.32. The van der Waals surface area contributed by atoms with Crippen molar-refractivity contribution in [3.05, 3.63) is 48.0 Å². The van der Waals surface area contributed by atoms with Crippen LogP contribution in [0.25, 0.3) is 0 Å². The average molecular weight is 298 g/mol. The molecule has 0 aliphatic carbocycles. The third-order valence-corrected chi connectivity index (χ3v) is 4.59. The van der Waals surface area contributed by atoms with Gasteiger partial charge in [0, 0.05) is 25.0 Å². The van der Waals surface area contributed by atoms with Gasteiger partial charge < -0.3 is 9.47 Å². The van der Waals surface area contributed by atoms with Crippen LogP contribution in [-0.4, -0.2) is 39.3 Å². The molecule has 118 valence electrons. The van der Waals surface area contributed by atoms with Crippen molar-refractivity contribution < 1.29 is 0 Å². The molecule has 1 atom stereocenters. The van der Waals surface area contributed by atoms with E-state index in [1.165, 1.54) is 30.8 Å². The van der Waals surface area contributed by atoms with Crippen LogP contribution in [0.1, 0.15) is 50.0 Å². The fourth-order valence-electron chi connectivity index (χ4n) is 3.34. The van der Waals surface area contributed by atoms with Crippen molar-refractivity contribution in [2.24, 2.45) is 0 Å². The van der Waals surface area contributed by atoms with Crippen molar-refractivity contribution in [1.82, 2.24) is 19.7 Å². The molecule has 1 aliphatic heterocycles. The number of likely N-dealkylation sites (tertiary alicyclic amines) is 1. The van der Waals surface area contributed by atoms with E-state index in [0.29, 0.717) is 12.0 Å². The van der Waals surface area contributed by atoms with E-state index < -0.39 is 0 Å². The van der Waals surface area contributed by atoms with Gasteiger partial charge in [-0.25, -0.2) is 0 Å². The minimum absolute atomic E-state index is 0.435. The van der Waals surface area contributed by atoms with Crippen molar-refractivity contribution in [2.75, 3.05) is 19.6 Å². The van der Waals surface area contributed by atoms with Gasteiger partial charge in [-0.3, -0.25) is 0 Å². The summed E-state index contributed by atoms with van der Waals surface area (Å²) in [6, 6.07) is 11.2. The van der Waals surface area contributed by atoms with Gasteiger partial charge in [-0.2, -0.15) is 0 Å². The first-order valence-corrected chi connectivity index (χ1v) is 8.39. The molecule has 1 aromatic carbocycles. The third kappa shape index (κ3) is 3.55. The zero-order chi connectivity index (χ0) is 15.4. The molecule has 22 heavy (non-hydrogen) atoms. The Kier molecular flexibility index (Phi) is 4.88. The van der Waals surface area contributed by atoms with Crippen LogP contribution in [0.2, 0.25) is 0 Å². The molecule has 3 rings (SSSR count). The second kappa shape index (κ2) is 7.05. The van der Waals surface area contributed by atoms with Crippen LogP contribution >= 0.6 is 0 Å². The van der Waals surface area contributed by atoms with Crippen molar-refractivity contribution in [1.29, 1.82) is 0 Å². The molecule has 1 unspecified atom stereocenters. The SMILES string of the molecule is CC(C)n1cnnc1C1CCCN(CCc2ccccc2)C1. The first kappa shape index (κ1) is 15.2. The van der Waals surface area contributed by atoms with Gasteiger partial charge in [0.05, 0.1) is 0 Å². The summed E-state index contributed by atoms with van der Waals surface area (Å²) in [5.74, 6) is 1.69. The highest BCUT2D eigenvalue weighted by Crippen LogP contribution is 2.27. The number of nitrogens with zero attached hydrogens (tertiary/aromatic N) is 4. The summed E-state index contributed by atoms with van der Waals surface area (Å²) in [7, 11) is 0. The Morgan fingerprint density at radius 2 is 2.05 bits per heavy atom. The lowest BCUT2D eigenvalue weighted by molar-refractivity contribution is 0.203. The molecule has 0 bridgehead atoms. The third-order valence-electron chi connectivity index (χ3n) is 4.59. The topological polar surface area (TPSA) is 34.0 Å². The van der Waals surface area contributed by atoms with Crippen molar-refractivity contribution in [3.63, 3.8) is 0 Å². The van der Waals surface area contributed by atoms with Crippen LogP contribution in [0.4, 0.5) is 0 Å². The Hall–Kier alpha value is -1.68. The highest BCUT2D eigenvalue weighted by Gasteiger charge is 2.25. The highest BCUT2D eigenvalue weighted by molar-refractivity contribution is 5.15. The maximum Gasteiger partial charge on any atom is 0.137 e. The Bertz CT molecular complexity index is 576. The minimum Gasteiger partial charge on any atom is -0.315 e. The molecule has 0 saturated carbocycles. The molecule has 1 aromatic heterocycles. The van der Waals surface area contributed by atoms with Gasteiger partial charge >= 0.3 is 0 Å². The number of aromatic nitrogens is 3. The monoisotopic (exact) mass is 298 g/mol. The van der Waals surface area contributed by atoms with E-state index in [4.69, 9.17) is 0 Å². The van der Waals surface area contributed by atoms with Crippen LogP contribution in [-0.2, 0) is 6.42 Å². The fourth-order valence-corrected chi connectivity index (χ4v) is 3.34. The van der Waals surface area contributed by atoms with Gasteiger partial charge in [-0.1, -0.05) is 30.3 Å². The molecular formula is C18H26N4. The Morgan fingerprint density at radius 1 is 1.23 bits per heavy atom. The van der Waals surface area contributed by atoms with Crippen LogP contribution in [0.15, 0.2) is 36.7 Å². The summed E-state index contributed by atoms with van der Waals surface area (Å²) >= 11 is 0. The molecular weight excluding hydrogens is 272 g/mol. The van der Waals surface area contributed by atoms with E-state index in [2.05, 4.69) is 63.8 Å². The second-order valence-electron chi connectivity index (χ2n) is 6.57. The maximum absolute atomic E-state index is 4.40. The molecule has 2 aromatic rings. The zero-order valence-electron chi connectivity index (χ0n) is 13.7. The fraction of sp³-hybridized carbons (Fsp3) is 0.556. The molecule has 0 N–H and O–H groups in total. The lowest BCUT2D eigenvalue weighted by atomic mass is 9.96. The summed E-state index contributed by atoms with van der Waals surface area (Å²) < 4.78 is 2.23. The van der Waals surface area contributed by atoms with E-state index in [9.17, 15) is 0 Å². The Balaban J connectivity index is 1.60. The predicted molar refractivity (Wildman–Crippen MR) is 89.0 cm³/mol. The average Bonchev–Trinajstić information content (AvgIpc) is 3.04. The largest absolute Gasteiger partial charge is 0.315 e. The molecule has 1 aliphatic rings. The van der Waals surface area contributed by atoms with Crippen LogP contribution in [0.3, 0.4) is 0 Å². The number of hydrogen-bond donors (Lipinski definition) is 0. The molecule has 2 heterocycles. The Labute approximate surface area is 133 Å². The summed E-state index contributed by atoms with van der Waals surface area (Å²) in [6.07, 6.45) is 5.49. The number of piperidine rings is 1. The normalized spacial score (nSPS) is 19.7. The highest BCUT2D eigenvalue weighted by atomic mass is 15.3. The first-order chi connectivity index (χ1) is 10.7. The minimum atomic E-state index is 0.435. The molecule has 1 fully saturated rings. The van der Waals surface area contributed by atoms with E-state index in [1.54, 1.807) is 0 Å². The number of benzene rings is 1. The van der Waals surface area contributed by atoms with Gasteiger partial charge in [0.15, 0.2) is 0 Å². The van der Waals surface area contributed by atoms with Crippen molar-refractivity contribution >= 4 is 0 Å². The lowest BCUT2D eigenvalue weighted by Crippen LogP contribution is -2.36. The van der Waals surface area contributed by atoms with E-state index >= 15 is 0 Å². The zero-order valence-corrected chi connectivity index (χ0v) is 13.7. The number of rotatable bonds is 5. The predicted octanol–water partition coefficient (Wildman–Crippen LogP) is 3.28. The van der Waals surface area contributed by atoms with Gasteiger partial charge in [0.25, 0.3) is 0 Å². The molecule has 0 amide bonds. The smallest absolute Gasteiger partial charge is 0.137 e. The summed E-state index contributed by atoms with van der Waals surface area (Å²) in [6.45, 7) is 7.85. The van der Waals surface area contributed by atoms with Crippen LogP contribution in [0.5, 0.6) is 0 Å². The molecule has 4 heteroatoms. The van der Waals surface area contributed by atoms with Gasteiger partial charge in [0.2, 0.25) is 0 Å². The van der Waals surface area contributed by atoms with E-state index in [0.717, 1.165) is 19.5 Å². The Morgan fingerprint density at radius 3 is 2.82 bits per heavy atom. The standard InChI is InChI=1S/C18H26N4/c1-15(2)22-14-19-20-18(22)17-9-6-11-21(13-17)12-10-16-7-4-3-5-8-16/h3-5,7-8,14-15,17H,6,9-13H2,1-2H3. The van der Waals surface area contributed by atoms with Gasteiger partial charge in [0.1, 0.15) is 12.2 Å². The summed E-state index contributed by atoms with van der Waals surface area (Å²) in [4.78, 5) is 2.58. The van der Waals surface area contributed by atoms with Crippen LogP contribution in [0, 0.1) is 0 Å². The summed E-state index contributed by atoms with van der Waals surface area (Å²) in [5, 5.41) is 8.53. The summed E-state index contributed by atoms with van der Waals surface area (Å²) in [5.41, 5.74) is 1.43. The van der Waals surface area contributed by atoms with Crippen molar-refractivity contribution in [2.45, 2.75) is 45.1 Å². The second-order valence-corrected chi connectivity index (χ2v) is 6.57. The van der Waals surface area contributed by atoms with E-state index in [1.807, 2.05) is 6.33 Å². The molecule has 0 radical (unpaired) electrons. The quantitative estimate of drug-likeness (QED) is 0.849. The van der Waals surface area contributed by atoms with Gasteiger partial charge in [-0.15, -0.1) is 10.2 Å². The van der Waals surface area contributed by atoms with Crippen LogP contribution < -0.4 is 0 Å².